The molecule has 0 spiro atoms. The second-order valence-electron chi connectivity index (χ2n) is 10.2. The number of fused-ring (bicyclic) bond motifs is 1. The fourth-order valence-corrected chi connectivity index (χ4v) is 5.81. The molecular formula is C39H43N. The first-order chi connectivity index (χ1) is 19.5. The normalized spacial score (nSPS) is 18.9. The summed E-state index contributed by atoms with van der Waals surface area (Å²) in [7, 11) is 2.10. The first-order valence-electron chi connectivity index (χ1n) is 14.6. The standard InChI is InChI=1S/C37H37N.C2H6/c1-6-8-14-36-35-16-10-9-15-34(35)27(4)37(36)26(3)33(7-2)30-19-17-28(18-20-30)31-12-11-13-32(25-31)29-21-23-38(5)24-22-29;1-2/h6-23,25,27H,24H2,1-5H3;1-2H3/b8-6-,33-7+,36-14-,37-26+;. The maximum absolute atomic E-state index is 2.34. The molecule has 0 radical (unpaired) electrons. The van der Waals surface area contributed by atoms with Crippen molar-refractivity contribution in [3.05, 3.63) is 149 Å². The molecule has 1 atom stereocenters. The molecule has 1 nitrogen and oxygen atoms in total. The fourth-order valence-electron chi connectivity index (χ4n) is 5.81. The third-order valence-corrected chi connectivity index (χ3v) is 7.83. The van der Waals surface area contributed by atoms with E-state index in [2.05, 4.69) is 155 Å². The predicted molar refractivity (Wildman–Crippen MR) is 177 cm³/mol. The minimum absolute atomic E-state index is 0.364. The summed E-state index contributed by atoms with van der Waals surface area (Å²) >= 11 is 0. The fraction of sp³-hybridized carbons (Fsp3) is 0.231. The topological polar surface area (TPSA) is 3.24 Å². The molecule has 5 rings (SSSR count). The van der Waals surface area contributed by atoms with Gasteiger partial charge in [-0.15, -0.1) is 0 Å². The van der Waals surface area contributed by atoms with E-state index in [-0.39, 0.29) is 0 Å². The molecule has 0 saturated carbocycles. The zero-order valence-electron chi connectivity index (χ0n) is 25.2. The van der Waals surface area contributed by atoms with Crippen LogP contribution in [0.3, 0.4) is 0 Å². The maximum atomic E-state index is 2.34. The van der Waals surface area contributed by atoms with Crippen molar-refractivity contribution in [2.75, 3.05) is 13.6 Å². The van der Waals surface area contributed by atoms with Crippen LogP contribution in [-0.2, 0) is 0 Å². The highest BCUT2D eigenvalue weighted by Crippen LogP contribution is 2.48. The molecule has 40 heavy (non-hydrogen) atoms. The molecule has 1 unspecified atom stereocenters. The van der Waals surface area contributed by atoms with Crippen molar-refractivity contribution < 1.29 is 0 Å². The van der Waals surface area contributed by atoms with Crippen LogP contribution in [0.15, 0.2) is 127 Å². The molecule has 0 saturated heterocycles. The van der Waals surface area contributed by atoms with Crippen LogP contribution in [0.25, 0.3) is 27.8 Å². The molecule has 0 aromatic heterocycles. The Kier molecular flexibility index (Phi) is 9.61. The van der Waals surface area contributed by atoms with Crippen LogP contribution >= 0.6 is 0 Å². The van der Waals surface area contributed by atoms with Crippen LogP contribution in [0.1, 0.15) is 69.7 Å². The van der Waals surface area contributed by atoms with Gasteiger partial charge in [0.1, 0.15) is 0 Å². The molecule has 1 heteroatoms. The van der Waals surface area contributed by atoms with Crippen LogP contribution < -0.4 is 0 Å². The summed E-state index contributed by atoms with van der Waals surface area (Å²) < 4.78 is 0. The number of rotatable bonds is 5. The highest BCUT2D eigenvalue weighted by molar-refractivity contribution is 5.94. The van der Waals surface area contributed by atoms with E-state index < -0.39 is 0 Å². The second kappa shape index (κ2) is 13.3. The Labute approximate surface area is 242 Å². The zero-order chi connectivity index (χ0) is 28.6. The van der Waals surface area contributed by atoms with Crippen LogP contribution in [0.2, 0.25) is 0 Å². The van der Waals surface area contributed by atoms with Crippen molar-refractivity contribution in [2.45, 2.75) is 47.5 Å². The van der Waals surface area contributed by atoms with E-state index in [1.807, 2.05) is 13.8 Å². The largest absolute Gasteiger partial charge is 0.377 e. The number of allylic oxidation sites excluding steroid dienone is 10. The number of likely N-dealkylation sites (N-methyl/N-ethyl adjacent to an activating group) is 1. The van der Waals surface area contributed by atoms with Gasteiger partial charge >= 0.3 is 0 Å². The average molecular weight is 526 g/mol. The lowest BCUT2D eigenvalue weighted by Gasteiger charge is -2.18. The number of hydrogen-bond donors (Lipinski definition) is 0. The van der Waals surface area contributed by atoms with E-state index in [9.17, 15) is 0 Å². The Bertz CT molecular complexity index is 1520. The molecule has 0 bridgehead atoms. The lowest BCUT2D eigenvalue weighted by Crippen LogP contribution is -2.13. The van der Waals surface area contributed by atoms with Gasteiger partial charge in [-0.3, -0.25) is 0 Å². The summed E-state index contributed by atoms with van der Waals surface area (Å²) in [4.78, 5) is 2.19. The molecule has 1 heterocycles. The molecule has 2 aliphatic rings. The first kappa shape index (κ1) is 28.9. The summed E-state index contributed by atoms with van der Waals surface area (Å²) in [6.07, 6.45) is 15.4. The van der Waals surface area contributed by atoms with Gasteiger partial charge in [-0.05, 0) is 100 Å². The van der Waals surface area contributed by atoms with Gasteiger partial charge in [0.2, 0.25) is 0 Å². The van der Waals surface area contributed by atoms with E-state index in [0.717, 1.165) is 6.54 Å². The van der Waals surface area contributed by atoms with E-state index in [1.165, 1.54) is 61.2 Å². The van der Waals surface area contributed by atoms with Gasteiger partial charge in [0, 0.05) is 19.5 Å². The Hall–Kier alpha value is -4.10. The lowest BCUT2D eigenvalue weighted by molar-refractivity contribution is 0.506. The molecule has 1 aliphatic heterocycles. The van der Waals surface area contributed by atoms with Crippen molar-refractivity contribution in [1.82, 2.24) is 4.90 Å². The van der Waals surface area contributed by atoms with Crippen molar-refractivity contribution in [1.29, 1.82) is 0 Å². The smallest absolute Gasteiger partial charge is 0.0359 e. The van der Waals surface area contributed by atoms with Gasteiger partial charge in [0.15, 0.2) is 0 Å². The van der Waals surface area contributed by atoms with Gasteiger partial charge in [-0.1, -0.05) is 118 Å². The summed E-state index contributed by atoms with van der Waals surface area (Å²) in [5.74, 6) is 0.364. The molecule has 0 fully saturated rings. The Balaban J connectivity index is 0.00000181. The highest BCUT2D eigenvalue weighted by atomic mass is 15.1. The van der Waals surface area contributed by atoms with Gasteiger partial charge in [0.25, 0.3) is 0 Å². The molecule has 3 aromatic rings. The molecule has 3 aromatic carbocycles. The van der Waals surface area contributed by atoms with Crippen LogP contribution in [0.5, 0.6) is 0 Å². The molecular weight excluding hydrogens is 482 g/mol. The quantitative estimate of drug-likeness (QED) is 0.320. The predicted octanol–water partition coefficient (Wildman–Crippen LogP) is 10.7. The number of benzene rings is 3. The Morgan fingerprint density at radius 3 is 2.27 bits per heavy atom. The SMILES string of the molecule is CC.C\C=C/C=C1\C(=C(C)\C(=C/C)c2ccc(-c3cccc(C4=CCN(C)C=C4)c3)cc2)C(C)c2ccccc21. The van der Waals surface area contributed by atoms with Crippen molar-refractivity contribution in [3.63, 3.8) is 0 Å². The second-order valence-corrected chi connectivity index (χ2v) is 10.2. The van der Waals surface area contributed by atoms with Crippen molar-refractivity contribution in [2.24, 2.45) is 0 Å². The van der Waals surface area contributed by atoms with Gasteiger partial charge < -0.3 is 4.90 Å². The monoisotopic (exact) mass is 525 g/mol. The maximum Gasteiger partial charge on any atom is 0.0359 e. The molecule has 204 valence electrons. The summed E-state index contributed by atoms with van der Waals surface area (Å²) in [6, 6.07) is 26.8. The third kappa shape index (κ3) is 5.89. The number of nitrogens with zero attached hydrogens (tertiary/aromatic N) is 1. The minimum atomic E-state index is 0.364. The highest BCUT2D eigenvalue weighted by Gasteiger charge is 2.30. The minimum Gasteiger partial charge on any atom is -0.377 e. The Morgan fingerprint density at radius 1 is 0.875 bits per heavy atom. The summed E-state index contributed by atoms with van der Waals surface area (Å²) in [6.45, 7) is 13.8. The van der Waals surface area contributed by atoms with Crippen LogP contribution in [0.4, 0.5) is 0 Å². The van der Waals surface area contributed by atoms with E-state index >= 15 is 0 Å². The van der Waals surface area contributed by atoms with Gasteiger partial charge in [-0.25, -0.2) is 0 Å². The average Bonchev–Trinajstić information content (AvgIpc) is 3.29. The van der Waals surface area contributed by atoms with Crippen LogP contribution in [-0.4, -0.2) is 18.5 Å². The molecule has 0 amide bonds. The van der Waals surface area contributed by atoms with Crippen molar-refractivity contribution in [3.8, 4) is 11.1 Å². The summed E-state index contributed by atoms with van der Waals surface area (Å²) in [5.41, 5.74) is 14.5. The first-order valence-corrected chi connectivity index (χ1v) is 14.6. The summed E-state index contributed by atoms with van der Waals surface area (Å²) in [5, 5.41) is 0. The van der Waals surface area contributed by atoms with Crippen LogP contribution in [0, 0.1) is 0 Å². The third-order valence-electron chi connectivity index (χ3n) is 7.83. The van der Waals surface area contributed by atoms with E-state index in [4.69, 9.17) is 0 Å². The lowest BCUT2D eigenvalue weighted by atomic mass is 9.87. The van der Waals surface area contributed by atoms with E-state index in [0.29, 0.717) is 5.92 Å². The number of hydrogen-bond acceptors (Lipinski definition) is 1. The van der Waals surface area contributed by atoms with Gasteiger partial charge in [0.05, 0.1) is 0 Å². The van der Waals surface area contributed by atoms with Gasteiger partial charge in [-0.2, -0.15) is 0 Å². The molecule has 1 aliphatic carbocycles. The Morgan fingerprint density at radius 2 is 1.60 bits per heavy atom. The van der Waals surface area contributed by atoms with E-state index in [1.54, 1.807) is 0 Å². The van der Waals surface area contributed by atoms with Crippen molar-refractivity contribution >= 4 is 16.7 Å². The molecule has 0 N–H and O–H groups in total. The zero-order valence-corrected chi connectivity index (χ0v) is 25.2.